The lowest BCUT2D eigenvalue weighted by molar-refractivity contribution is -0.149. The van der Waals surface area contributed by atoms with Gasteiger partial charge in [-0.3, -0.25) is 4.98 Å². The normalized spacial score (nSPS) is 13.2. The van der Waals surface area contributed by atoms with Gasteiger partial charge in [-0.05, 0) is 42.7 Å². The Morgan fingerprint density at radius 1 is 1.15 bits per heavy atom. The lowest BCUT2D eigenvalue weighted by Gasteiger charge is -2.13. The third-order valence-corrected chi connectivity index (χ3v) is 3.96. The van der Waals surface area contributed by atoms with E-state index in [4.69, 9.17) is 14.6 Å². The van der Waals surface area contributed by atoms with Gasteiger partial charge in [0.1, 0.15) is 12.4 Å². The number of benzene rings is 1. The van der Waals surface area contributed by atoms with Crippen molar-refractivity contribution in [2.45, 2.75) is 39.0 Å². The lowest BCUT2D eigenvalue weighted by Crippen LogP contribution is -2.26. The van der Waals surface area contributed by atoms with Crippen LogP contribution in [0.25, 0.3) is 0 Å². The molecule has 0 aliphatic heterocycles. The van der Waals surface area contributed by atoms with E-state index in [9.17, 15) is 9.18 Å². The predicted octanol–water partition coefficient (Wildman–Crippen LogP) is 3.77. The highest BCUT2D eigenvalue weighted by atomic mass is 19.1. The molecule has 0 amide bonds. The molecule has 2 unspecified atom stereocenters. The van der Waals surface area contributed by atoms with Crippen molar-refractivity contribution in [1.29, 1.82) is 0 Å². The van der Waals surface area contributed by atoms with Crippen molar-refractivity contribution in [2.75, 3.05) is 13.2 Å². The van der Waals surface area contributed by atoms with Gasteiger partial charge in [0.05, 0.1) is 5.69 Å². The summed E-state index contributed by atoms with van der Waals surface area (Å²) in [7, 11) is 0. The molecule has 0 bridgehead atoms. The summed E-state index contributed by atoms with van der Waals surface area (Å²) in [6, 6.07) is 10.4. The average Bonchev–Trinajstić information content (AvgIpc) is 2.66. The number of alkyl halides is 1. The molecule has 0 saturated carbocycles. The Labute approximate surface area is 152 Å². The summed E-state index contributed by atoms with van der Waals surface area (Å²) in [5.41, 5.74) is 2.22. The average molecular weight is 361 g/mol. The van der Waals surface area contributed by atoms with E-state index in [1.165, 1.54) is 0 Å². The van der Waals surface area contributed by atoms with Crippen molar-refractivity contribution < 1.29 is 23.8 Å². The Bertz CT molecular complexity index is 688. The lowest BCUT2D eigenvalue weighted by atomic mass is 10.1. The highest BCUT2D eigenvalue weighted by molar-refractivity contribution is 5.72. The molecule has 2 rings (SSSR count). The molecule has 0 radical (unpaired) electrons. The molecular formula is C20H24FNO4. The van der Waals surface area contributed by atoms with Crippen LogP contribution in [0.1, 0.15) is 36.8 Å². The molecule has 1 aromatic heterocycles. The molecular weight excluding hydrogens is 337 g/mol. The number of aromatic nitrogens is 1. The van der Waals surface area contributed by atoms with Crippen molar-refractivity contribution >= 4 is 5.97 Å². The Morgan fingerprint density at radius 3 is 2.38 bits per heavy atom. The van der Waals surface area contributed by atoms with Gasteiger partial charge in [0.2, 0.25) is 0 Å². The second kappa shape index (κ2) is 9.87. The van der Waals surface area contributed by atoms with E-state index in [2.05, 4.69) is 4.98 Å². The number of pyridine rings is 1. The number of nitrogens with zero attached hydrogens (tertiary/aromatic N) is 1. The first-order valence-corrected chi connectivity index (χ1v) is 8.68. The van der Waals surface area contributed by atoms with Crippen LogP contribution in [0.15, 0.2) is 42.6 Å². The summed E-state index contributed by atoms with van der Waals surface area (Å²) in [5.74, 6) is -0.473. The van der Waals surface area contributed by atoms with Crippen LogP contribution in [0.3, 0.4) is 0 Å². The van der Waals surface area contributed by atoms with Crippen LogP contribution in [0, 0.1) is 0 Å². The van der Waals surface area contributed by atoms with Crippen molar-refractivity contribution in [3.05, 3.63) is 59.4 Å². The highest BCUT2D eigenvalue weighted by Gasteiger charge is 2.18. The van der Waals surface area contributed by atoms with E-state index in [1.54, 1.807) is 43.5 Å². The fourth-order valence-corrected chi connectivity index (χ4v) is 2.44. The van der Waals surface area contributed by atoms with E-state index >= 15 is 0 Å². The first-order valence-electron chi connectivity index (χ1n) is 8.68. The third kappa shape index (κ3) is 5.81. The van der Waals surface area contributed by atoms with Gasteiger partial charge in [-0.25, -0.2) is 9.18 Å². The zero-order chi connectivity index (χ0) is 18.9. The Balaban J connectivity index is 1.88. The first kappa shape index (κ1) is 19.8. The highest BCUT2D eigenvalue weighted by Crippen LogP contribution is 2.20. The molecule has 0 saturated heterocycles. The van der Waals surface area contributed by atoms with E-state index in [0.29, 0.717) is 18.1 Å². The van der Waals surface area contributed by atoms with Gasteiger partial charge in [0.25, 0.3) is 0 Å². The maximum absolute atomic E-state index is 14.2. The second-order valence-corrected chi connectivity index (χ2v) is 5.85. The smallest absolute Gasteiger partial charge is 0.333 e. The van der Waals surface area contributed by atoms with Crippen molar-refractivity contribution in [2.24, 2.45) is 0 Å². The molecule has 0 fully saturated rings. The molecule has 1 aromatic carbocycles. The monoisotopic (exact) mass is 361 g/mol. The molecule has 2 atom stereocenters. The summed E-state index contributed by atoms with van der Waals surface area (Å²) in [6.45, 7) is 3.98. The number of halogens is 1. The molecule has 5 nitrogen and oxygen atoms in total. The number of aryl methyl sites for hydroxylation is 1. The Hall–Kier alpha value is -2.47. The van der Waals surface area contributed by atoms with Gasteiger partial charge < -0.3 is 14.6 Å². The van der Waals surface area contributed by atoms with E-state index in [1.807, 2.05) is 13.0 Å². The van der Waals surface area contributed by atoms with Gasteiger partial charge in [0, 0.05) is 19.2 Å². The van der Waals surface area contributed by atoms with Gasteiger partial charge in [-0.1, -0.05) is 25.1 Å². The second-order valence-electron chi connectivity index (χ2n) is 5.85. The molecule has 6 heteroatoms. The molecule has 140 valence electrons. The molecule has 1 N–H and O–H groups in total. The summed E-state index contributed by atoms with van der Waals surface area (Å²) in [6.07, 6.45) is 0.616. The van der Waals surface area contributed by atoms with Crippen molar-refractivity contribution in [1.82, 2.24) is 4.98 Å². The number of hydrogen-bond acceptors (Lipinski definition) is 4. The molecule has 2 aromatic rings. The van der Waals surface area contributed by atoms with Gasteiger partial charge in [-0.15, -0.1) is 0 Å². The van der Waals surface area contributed by atoms with Crippen LogP contribution < -0.4 is 4.74 Å². The topological polar surface area (TPSA) is 68.7 Å². The van der Waals surface area contributed by atoms with Gasteiger partial charge >= 0.3 is 5.97 Å². The van der Waals surface area contributed by atoms with Crippen LogP contribution in [-0.4, -0.2) is 35.4 Å². The summed E-state index contributed by atoms with van der Waals surface area (Å²) in [4.78, 5) is 15.2. The van der Waals surface area contributed by atoms with Crippen molar-refractivity contribution in [3.63, 3.8) is 0 Å². The number of carbonyl (C=O) groups is 1. The van der Waals surface area contributed by atoms with Gasteiger partial charge in [-0.2, -0.15) is 0 Å². The quantitative estimate of drug-likeness (QED) is 0.698. The van der Waals surface area contributed by atoms with Crippen LogP contribution in [0.4, 0.5) is 4.39 Å². The number of carboxylic acid groups (broad SMARTS) is 1. The largest absolute Gasteiger partial charge is 0.490 e. The fraction of sp³-hybridized carbons (Fsp3) is 0.400. The zero-order valence-electron chi connectivity index (χ0n) is 15.0. The molecule has 26 heavy (non-hydrogen) atoms. The molecule has 0 spiro atoms. The summed E-state index contributed by atoms with van der Waals surface area (Å²) < 4.78 is 24.9. The van der Waals surface area contributed by atoms with Crippen LogP contribution in [0.5, 0.6) is 5.75 Å². The predicted molar refractivity (Wildman–Crippen MR) is 96.2 cm³/mol. The first-order chi connectivity index (χ1) is 12.5. The fourth-order valence-electron chi connectivity index (χ4n) is 2.44. The molecule has 0 aliphatic rings. The number of rotatable bonds is 10. The minimum Gasteiger partial charge on any atom is -0.490 e. The van der Waals surface area contributed by atoms with E-state index in [-0.39, 0.29) is 13.0 Å². The Morgan fingerprint density at radius 2 is 1.85 bits per heavy atom. The third-order valence-electron chi connectivity index (χ3n) is 3.96. The van der Waals surface area contributed by atoms with E-state index < -0.39 is 18.2 Å². The minimum absolute atomic E-state index is 0.130. The molecule has 0 aliphatic carbocycles. The standard InChI is InChI=1S/C20H24FNO4/c1-3-14-7-10-18(22-12-14)17(21)13-26-16-8-5-15(6-9-16)11-19(20(23)24)25-4-2/h5-10,12,17,19H,3-4,11,13H2,1-2H3,(H,23,24). The molecule has 1 heterocycles. The number of carboxylic acids is 1. The number of ether oxygens (including phenoxy) is 2. The maximum Gasteiger partial charge on any atom is 0.333 e. The number of hydrogen-bond donors (Lipinski definition) is 1. The van der Waals surface area contributed by atoms with Crippen LogP contribution >= 0.6 is 0 Å². The summed E-state index contributed by atoms with van der Waals surface area (Å²) in [5, 5.41) is 9.11. The minimum atomic E-state index is -1.31. The summed E-state index contributed by atoms with van der Waals surface area (Å²) >= 11 is 0. The zero-order valence-corrected chi connectivity index (χ0v) is 15.0. The SMILES string of the molecule is CCOC(Cc1ccc(OCC(F)c2ccc(CC)cn2)cc1)C(=O)O. The van der Waals surface area contributed by atoms with Crippen molar-refractivity contribution in [3.8, 4) is 5.75 Å². The van der Waals surface area contributed by atoms with E-state index in [0.717, 1.165) is 17.5 Å². The van der Waals surface area contributed by atoms with Crippen LogP contribution in [0.2, 0.25) is 0 Å². The van der Waals surface area contributed by atoms with Crippen LogP contribution in [-0.2, 0) is 22.4 Å². The number of aliphatic carboxylic acids is 1. The van der Waals surface area contributed by atoms with Gasteiger partial charge in [0.15, 0.2) is 12.3 Å². The maximum atomic E-state index is 14.2. The Kier molecular flexibility index (Phi) is 7.53.